The van der Waals surface area contributed by atoms with Crippen molar-refractivity contribution < 1.29 is 9.53 Å². The first kappa shape index (κ1) is 11.5. The topological polar surface area (TPSA) is 32.8 Å². The summed E-state index contributed by atoms with van der Waals surface area (Å²) in [5.41, 5.74) is 0. The summed E-state index contributed by atoms with van der Waals surface area (Å²) in [7, 11) is 3.57. The van der Waals surface area contributed by atoms with Gasteiger partial charge in [-0.15, -0.1) is 0 Å². The first-order valence-corrected chi connectivity index (χ1v) is 5.13. The second kappa shape index (κ2) is 5.32. The lowest BCUT2D eigenvalue weighted by atomic mass is 10.2. The summed E-state index contributed by atoms with van der Waals surface area (Å²) in [6.07, 6.45) is 0.500. The van der Waals surface area contributed by atoms with E-state index < -0.39 is 0 Å². The van der Waals surface area contributed by atoms with Gasteiger partial charge in [-0.1, -0.05) is 0 Å². The number of rotatable bonds is 3. The summed E-state index contributed by atoms with van der Waals surface area (Å²) in [4.78, 5) is 15.7. The molecule has 1 fully saturated rings. The van der Waals surface area contributed by atoms with Gasteiger partial charge in [0.2, 0.25) is 0 Å². The monoisotopic (exact) mass is 200 g/mol. The molecule has 14 heavy (non-hydrogen) atoms. The number of hydrogen-bond donors (Lipinski definition) is 0. The number of hydrogen-bond acceptors (Lipinski definition) is 4. The fourth-order valence-corrected chi connectivity index (χ4v) is 1.72. The van der Waals surface area contributed by atoms with Crippen molar-refractivity contribution in [1.29, 1.82) is 0 Å². The molecule has 1 heterocycles. The predicted molar refractivity (Wildman–Crippen MR) is 55.2 cm³/mol. The molecular formula is C10H20N2O2. The zero-order valence-electron chi connectivity index (χ0n) is 9.32. The van der Waals surface area contributed by atoms with Crippen LogP contribution in [0.1, 0.15) is 13.3 Å². The molecule has 0 unspecified atom stereocenters. The standard InChI is InChI=1S/C10H20N2O2/c1-9(8-10(13)14-3)12-6-4-11(2)5-7-12/h9H,4-8H2,1-3H3/t9-/m0/s1. The van der Waals surface area contributed by atoms with Crippen LogP contribution in [-0.4, -0.2) is 62.1 Å². The fraction of sp³-hybridized carbons (Fsp3) is 0.900. The molecule has 82 valence electrons. The number of nitrogens with zero attached hydrogens (tertiary/aromatic N) is 2. The molecule has 1 saturated heterocycles. The van der Waals surface area contributed by atoms with Gasteiger partial charge < -0.3 is 9.64 Å². The van der Waals surface area contributed by atoms with E-state index in [1.54, 1.807) is 0 Å². The summed E-state index contributed by atoms with van der Waals surface area (Å²) in [5, 5.41) is 0. The van der Waals surface area contributed by atoms with Gasteiger partial charge in [0, 0.05) is 32.2 Å². The molecule has 0 amide bonds. The van der Waals surface area contributed by atoms with Crippen LogP contribution in [0.3, 0.4) is 0 Å². The second-order valence-corrected chi connectivity index (χ2v) is 3.97. The number of ether oxygens (including phenoxy) is 1. The fourth-order valence-electron chi connectivity index (χ4n) is 1.72. The summed E-state index contributed by atoms with van der Waals surface area (Å²) in [6.45, 7) is 6.36. The van der Waals surface area contributed by atoms with Gasteiger partial charge in [-0.2, -0.15) is 0 Å². The molecule has 0 aromatic rings. The Morgan fingerprint density at radius 1 is 1.36 bits per heavy atom. The van der Waals surface area contributed by atoms with Gasteiger partial charge in [0.15, 0.2) is 0 Å². The van der Waals surface area contributed by atoms with E-state index in [0.717, 1.165) is 26.2 Å². The average Bonchev–Trinajstić information content (AvgIpc) is 2.18. The quantitative estimate of drug-likeness (QED) is 0.609. The van der Waals surface area contributed by atoms with Gasteiger partial charge in [-0.05, 0) is 14.0 Å². The number of carbonyl (C=O) groups is 1. The molecule has 0 aromatic heterocycles. The molecule has 0 aliphatic carbocycles. The molecule has 0 aromatic carbocycles. The number of esters is 1. The number of likely N-dealkylation sites (N-methyl/N-ethyl adjacent to an activating group) is 1. The molecular weight excluding hydrogens is 180 g/mol. The van der Waals surface area contributed by atoms with Crippen LogP contribution in [0, 0.1) is 0 Å². The molecule has 0 bridgehead atoms. The lowest BCUT2D eigenvalue weighted by Gasteiger charge is -2.36. The first-order chi connectivity index (χ1) is 6.63. The molecule has 1 rings (SSSR count). The third-order valence-electron chi connectivity index (χ3n) is 2.85. The van der Waals surface area contributed by atoms with Crippen molar-refractivity contribution in [3.05, 3.63) is 0 Å². The van der Waals surface area contributed by atoms with Crippen LogP contribution in [0.4, 0.5) is 0 Å². The Balaban J connectivity index is 2.30. The van der Waals surface area contributed by atoms with Crippen molar-refractivity contribution in [1.82, 2.24) is 9.80 Å². The average molecular weight is 200 g/mol. The maximum Gasteiger partial charge on any atom is 0.307 e. The molecule has 1 aliphatic rings. The Morgan fingerprint density at radius 3 is 2.43 bits per heavy atom. The van der Waals surface area contributed by atoms with E-state index in [2.05, 4.69) is 28.5 Å². The number of piperazine rings is 1. The lowest BCUT2D eigenvalue weighted by molar-refractivity contribution is -0.142. The molecule has 4 heteroatoms. The first-order valence-electron chi connectivity index (χ1n) is 5.13. The van der Waals surface area contributed by atoms with E-state index in [4.69, 9.17) is 0 Å². The molecule has 0 radical (unpaired) electrons. The molecule has 0 saturated carbocycles. The summed E-state index contributed by atoms with van der Waals surface area (Å²) >= 11 is 0. The van der Waals surface area contributed by atoms with Gasteiger partial charge >= 0.3 is 5.97 Å². The highest BCUT2D eigenvalue weighted by molar-refractivity contribution is 5.69. The highest BCUT2D eigenvalue weighted by atomic mass is 16.5. The highest BCUT2D eigenvalue weighted by Gasteiger charge is 2.20. The number of carbonyl (C=O) groups excluding carboxylic acids is 1. The largest absolute Gasteiger partial charge is 0.469 e. The number of methoxy groups -OCH3 is 1. The van der Waals surface area contributed by atoms with Crippen LogP contribution in [0.2, 0.25) is 0 Å². The minimum Gasteiger partial charge on any atom is -0.469 e. The summed E-state index contributed by atoms with van der Waals surface area (Å²) < 4.78 is 4.66. The zero-order chi connectivity index (χ0) is 10.6. The van der Waals surface area contributed by atoms with Crippen LogP contribution in [-0.2, 0) is 9.53 Å². The molecule has 0 spiro atoms. The van der Waals surface area contributed by atoms with Gasteiger partial charge in [0.25, 0.3) is 0 Å². The molecule has 1 aliphatic heterocycles. The second-order valence-electron chi connectivity index (χ2n) is 3.97. The van der Waals surface area contributed by atoms with Crippen LogP contribution in [0.5, 0.6) is 0 Å². The maximum absolute atomic E-state index is 11.1. The normalized spacial score (nSPS) is 21.9. The van der Waals surface area contributed by atoms with Gasteiger partial charge in [0.05, 0.1) is 13.5 Å². The third-order valence-corrected chi connectivity index (χ3v) is 2.85. The zero-order valence-corrected chi connectivity index (χ0v) is 9.32. The molecule has 4 nitrogen and oxygen atoms in total. The predicted octanol–water partition coefficient (Wildman–Crippen LogP) is 0.185. The Bertz CT molecular complexity index is 189. The molecule has 1 atom stereocenters. The smallest absolute Gasteiger partial charge is 0.307 e. The summed E-state index contributed by atoms with van der Waals surface area (Å²) in [5.74, 6) is -0.114. The van der Waals surface area contributed by atoms with E-state index in [0.29, 0.717) is 12.5 Å². The van der Waals surface area contributed by atoms with Crippen molar-refractivity contribution >= 4 is 5.97 Å². The van der Waals surface area contributed by atoms with Crippen molar-refractivity contribution in [2.24, 2.45) is 0 Å². The van der Waals surface area contributed by atoms with Crippen LogP contribution >= 0.6 is 0 Å². The lowest BCUT2D eigenvalue weighted by Crippen LogP contribution is -2.48. The Hall–Kier alpha value is -0.610. The van der Waals surface area contributed by atoms with Crippen molar-refractivity contribution in [3.63, 3.8) is 0 Å². The van der Waals surface area contributed by atoms with E-state index in [9.17, 15) is 4.79 Å². The third kappa shape index (κ3) is 3.27. The van der Waals surface area contributed by atoms with E-state index in [-0.39, 0.29) is 5.97 Å². The minimum atomic E-state index is -0.114. The highest BCUT2D eigenvalue weighted by Crippen LogP contribution is 2.08. The van der Waals surface area contributed by atoms with Gasteiger partial charge in [0.1, 0.15) is 0 Å². The Morgan fingerprint density at radius 2 is 1.93 bits per heavy atom. The van der Waals surface area contributed by atoms with Gasteiger partial charge in [-0.3, -0.25) is 9.69 Å². The SMILES string of the molecule is COC(=O)C[C@H](C)N1CCN(C)CC1. The Kier molecular flexibility index (Phi) is 4.35. The summed E-state index contributed by atoms with van der Waals surface area (Å²) in [6, 6.07) is 0.302. The van der Waals surface area contributed by atoms with E-state index >= 15 is 0 Å². The van der Waals surface area contributed by atoms with Crippen molar-refractivity contribution in [3.8, 4) is 0 Å². The van der Waals surface area contributed by atoms with Crippen LogP contribution in [0.15, 0.2) is 0 Å². The van der Waals surface area contributed by atoms with Gasteiger partial charge in [-0.25, -0.2) is 0 Å². The van der Waals surface area contributed by atoms with Crippen molar-refractivity contribution in [2.45, 2.75) is 19.4 Å². The Labute approximate surface area is 85.8 Å². The van der Waals surface area contributed by atoms with Crippen LogP contribution < -0.4 is 0 Å². The van der Waals surface area contributed by atoms with Crippen LogP contribution in [0.25, 0.3) is 0 Å². The maximum atomic E-state index is 11.1. The van der Waals surface area contributed by atoms with Crippen molar-refractivity contribution in [2.75, 3.05) is 40.3 Å². The minimum absolute atomic E-state index is 0.114. The van der Waals surface area contributed by atoms with E-state index in [1.165, 1.54) is 7.11 Å². The molecule has 0 N–H and O–H groups in total. The van der Waals surface area contributed by atoms with E-state index in [1.807, 2.05) is 0 Å².